The lowest BCUT2D eigenvalue weighted by atomic mass is 9.98. The third-order valence-corrected chi connectivity index (χ3v) is 6.64. The summed E-state index contributed by atoms with van der Waals surface area (Å²) in [6.45, 7) is 0.387. The number of carbonyl (C=O) groups excluding carboxylic acids is 1. The molecule has 0 saturated carbocycles. The molecule has 1 unspecified atom stereocenters. The molecule has 0 aliphatic carbocycles. The number of carbonyl (C=O) groups is 1. The van der Waals surface area contributed by atoms with E-state index >= 15 is 0 Å². The van der Waals surface area contributed by atoms with Crippen LogP contribution in [-0.2, 0) is 12.3 Å². The van der Waals surface area contributed by atoms with Gasteiger partial charge < -0.3 is 14.7 Å². The van der Waals surface area contributed by atoms with Crippen molar-refractivity contribution in [3.8, 4) is 5.75 Å². The molecule has 31 heavy (non-hydrogen) atoms. The van der Waals surface area contributed by atoms with Crippen LogP contribution < -0.4 is 4.74 Å². The van der Waals surface area contributed by atoms with Crippen molar-refractivity contribution < 1.29 is 14.6 Å². The van der Waals surface area contributed by atoms with E-state index in [4.69, 9.17) is 17.0 Å². The first-order valence-electron chi connectivity index (χ1n) is 9.74. The average molecular weight is 448 g/mol. The lowest BCUT2D eigenvalue weighted by molar-refractivity contribution is -0.0314. The van der Waals surface area contributed by atoms with E-state index in [9.17, 15) is 9.90 Å². The van der Waals surface area contributed by atoms with E-state index in [2.05, 4.69) is 0 Å². The van der Waals surface area contributed by atoms with E-state index in [0.717, 1.165) is 11.3 Å². The molecule has 1 heterocycles. The van der Waals surface area contributed by atoms with Crippen molar-refractivity contribution in [1.29, 1.82) is 0 Å². The number of methoxy groups -OCH3 is 1. The van der Waals surface area contributed by atoms with Gasteiger partial charge >= 0.3 is 0 Å². The van der Waals surface area contributed by atoms with Crippen LogP contribution in [0.5, 0.6) is 5.75 Å². The van der Waals surface area contributed by atoms with Gasteiger partial charge in [-0.3, -0.25) is 4.79 Å². The van der Waals surface area contributed by atoms with Crippen molar-refractivity contribution in [2.24, 2.45) is 0 Å². The average Bonchev–Trinajstić information content (AvgIpc) is 3.05. The summed E-state index contributed by atoms with van der Waals surface area (Å²) in [5.74, 6) is 0.584. The molecule has 0 spiro atoms. The fourth-order valence-corrected chi connectivity index (χ4v) is 4.98. The first kappa shape index (κ1) is 21.3. The lowest BCUT2D eigenvalue weighted by Crippen LogP contribution is -2.43. The van der Waals surface area contributed by atoms with E-state index < -0.39 is 5.72 Å². The molecule has 1 saturated heterocycles. The van der Waals surface area contributed by atoms with Crippen molar-refractivity contribution in [2.45, 2.75) is 12.3 Å². The molecular weight excluding hydrogens is 426 g/mol. The van der Waals surface area contributed by atoms with Crippen molar-refractivity contribution in [2.75, 3.05) is 7.11 Å². The summed E-state index contributed by atoms with van der Waals surface area (Å²) in [6.07, 6.45) is 1.49. The minimum Gasteiger partial charge on any atom is -0.497 e. The molecule has 0 bridgehead atoms. The Morgan fingerprint density at radius 1 is 1.03 bits per heavy atom. The second-order valence-electron chi connectivity index (χ2n) is 7.08. The number of aliphatic hydroxyl groups is 1. The van der Waals surface area contributed by atoms with Crippen molar-refractivity contribution >= 4 is 34.1 Å². The third-order valence-electron chi connectivity index (χ3n) is 5.15. The monoisotopic (exact) mass is 447 g/mol. The van der Waals surface area contributed by atoms with Crippen molar-refractivity contribution in [3.05, 3.63) is 113 Å². The van der Waals surface area contributed by atoms with Gasteiger partial charge in [0.2, 0.25) is 0 Å². The molecule has 4 nitrogen and oxygen atoms in total. The molecule has 1 atom stereocenters. The number of ketones is 1. The second kappa shape index (κ2) is 9.06. The molecular formula is C25H21NO3S2. The normalized spacial score (nSPS) is 19.6. The highest BCUT2D eigenvalue weighted by Crippen LogP contribution is 2.49. The Kier molecular flexibility index (Phi) is 6.23. The first-order valence-corrected chi connectivity index (χ1v) is 11.0. The SMILES string of the molecule is COc1ccc(CN2C(=S)S/C(=C/C(=O)c3ccccc3)C2(O)c2ccccc2)cc1. The van der Waals surface area contributed by atoms with Gasteiger partial charge in [-0.05, 0) is 17.7 Å². The van der Waals surface area contributed by atoms with Gasteiger partial charge in [-0.25, -0.2) is 0 Å². The first-order chi connectivity index (χ1) is 15.0. The zero-order valence-electron chi connectivity index (χ0n) is 16.9. The largest absolute Gasteiger partial charge is 0.497 e. The van der Waals surface area contributed by atoms with E-state index in [1.807, 2.05) is 72.8 Å². The molecule has 6 heteroatoms. The number of hydrogen-bond acceptors (Lipinski definition) is 5. The van der Waals surface area contributed by atoms with Crippen LogP contribution in [0.2, 0.25) is 0 Å². The number of thioether (sulfide) groups is 1. The molecule has 0 amide bonds. The van der Waals surface area contributed by atoms with E-state index in [1.165, 1.54) is 17.8 Å². The minimum absolute atomic E-state index is 0.174. The van der Waals surface area contributed by atoms with Crippen LogP contribution in [-0.4, -0.2) is 27.2 Å². The van der Waals surface area contributed by atoms with Crippen LogP contribution in [0.1, 0.15) is 21.5 Å². The highest BCUT2D eigenvalue weighted by Gasteiger charge is 2.48. The Bertz CT molecular complexity index is 1110. The maximum atomic E-state index is 12.9. The summed E-state index contributed by atoms with van der Waals surface area (Å²) in [4.78, 5) is 15.1. The zero-order chi connectivity index (χ0) is 21.8. The van der Waals surface area contributed by atoms with Gasteiger partial charge in [-0.1, -0.05) is 96.8 Å². The van der Waals surface area contributed by atoms with Crippen LogP contribution in [0.25, 0.3) is 0 Å². The molecule has 4 rings (SSSR count). The summed E-state index contributed by atoms with van der Waals surface area (Å²) in [5.41, 5.74) is 0.648. The zero-order valence-corrected chi connectivity index (χ0v) is 18.5. The number of benzene rings is 3. The number of allylic oxidation sites excluding steroid dienone is 1. The summed E-state index contributed by atoms with van der Waals surface area (Å²) in [5, 5.41) is 12.0. The molecule has 3 aromatic carbocycles. The molecule has 0 aromatic heterocycles. The number of thiocarbonyl (C=S) groups is 1. The van der Waals surface area contributed by atoms with Gasteiger partial charge in [0.25, 0.3) is 0 Å². The smallest absolute Gasteiger partial charge is 0.199 e. The van der Waals surface area contributed by atoms with Gasteiger partial charge in [0.1, 0.15) is 10.1 Å². The van der Waals surface area contributed by atoms with Crippen molar-refractivity contribution in [1.82, 2.24) is 4.90 Å². The van der Waals surface area contributed by atoms with Crippen LogP contribution in [0, 0.1) is 0 Å². The molecule has 1 N–H and O–H groups in total. The highest BCUT2D eigenvalue weighted by molar-refractivity contribution is 8.25. The quantitative estimate of drug-likeness (QED) is 0.321. The number of rotatable bonds is 6. The van der Waals surface area contributed by atoms with Gasteiger partial charge in [0, 0.05) is 23.7 Å². The van der Waals surface area contributed by atoms with Gasteiger partial charge in [0.15, 0.2) is 11.5 Å². The fraction of sp³-hybridized carbons (Fsp3) is 0.120. The van der Waals surface area contributed by atoms with Crippen LogP contribution in [0.15, 0.2) is 95.9 Å². The molecule has 156 valence electrons. The fourth-order valence-electron chi connectivity index (χ4n) is 3.48. The van der Waals surface area contributed by atoms with Gasteiger partial charge in [0.05, 0.1) is 12.0 Å². The Morgan fingerprint density at radius 3 is 2.26 bits per heavy atom. The predicted octanol–water partition coefficient (Wildman–Crippen LogP) is 5.14. The summed E-state index contributed by atoms with van der Waals surface area (Å²) >= 11 is 6.88. The second-order valence-corrected chi connectivity index (χ2v) is 8.76. The van der Waals surface area contributed by atoms with Gasteiger partial charge in [-0.2, -0.15) is 0 Å². The summed E-state index contributed by atoms with van der Waals surface area (Å²) in [7, 11) is 1.62. The van der Waals surface area contributed by atoms with E-state index in [-0.39, 0.29) is 5.78 Å². The molecule has 0 radical (unpaired) electrons. The predicted molar refractivity (Wildman–Crippen MR) is 128 cm³/mol. The summed E-state index contributed by atoms with van der Waals surface area (Å²) in [6, 6.07) is 25.9. The molecule has 1 aliphatic heterocycles. The highest BCUT2D eigenvalue weighted by atomic mass is 32.2. The number of nitrogens with zero attached hydrogens (tertiary/aromatic N) is 1. The Morgan fingerprint density at radius 2 is 1.65 bits per heavy atom. The van der Waals surface area contributed by atoms with Crippen molar-refractivity contribution in [3.63, 3.8) is 0 Å². The van der Waals surface area contributed by atoms with E-state index in [0.29, 0.717) is 26.9 Å². The Balaban J connectivity index is 1.74. The standard InChI is InChI=1S/C25H21NO3S2/c1-29-21-14-12-18(13-15-21)17-26-24(30)31-23(16-22(27)19-8-4-2-5-9-19)25(26,28)20-10-6-3-7-11-20/h2-16,28H,17H2,1H3/b23-16+. The molecule has 1 aliphatic rings. The molecule has 1 fully saturated rings. The summed E-state index contributed by atoms with van der Waals surface area (Å²) < 4.78 is 5.74. The van der Waals surface area contributed by atoms with E-state index in [1.54, 1.807) is 24.1 Å². The van der Waals surface area contributed by atoms with Crippen LogP contribution in [0.4, 0.5) is 0 Å². The minimum atomic E-state index is -1.53. The number of ether oxygens (including phenoxy) is 1. The topological polar surface area (TPSA) is 49.8 Å². The number of hydrogen-bond donors (Lipinski definition) is 1. The lowest BCUT2D eigenvalue weighted by Gasteiger charge is -2.35. The van der Waals surface area contributed by atoms with Gasteiger partial charge in [-0.15, -0.1) is 0 Å². The van der Waals surface area contributed by atoms with Crippen LogP contribution in [0.3, 0.4) is 0 Å². The maximum absolute atomic E-state index is 12.9. The maximum Gasteiger partial charge on any atom is 0.199 e. The molecule has 3 aromatic rings. The third kappa shape index (κ3) is 4.28. The Hall–Kier alpha value is -2.93. The Labute approximate surface area is 191 Å². The van der Waals surface area contributed by atoms with Crippen LogP contribution >= 0.6 is 24.0 Å².